The van der Waals surface area contributed by atoms with E-state index in [0.717, 1.165) is 28.8 Å². The fraction of sp³-hybridized carbons (Fsp3) is 0.269. The van der Waals surface area contributed by atoms with Crippen LogP contribution in [0.4, 0.5) is 15.8 Å². The van der Waals surface area contributed by atoms with Crippen molar-refractivity contribution >= 4 is 29.3 Å². The number of fused-ring (bicyclic) bond motifs is 1. The van der Waals surface area contributed by atoms with Gasteiger partial charge in [-0.3, -0.25) is 0 Å². The highest BCUT2D eigenvalue weighted by molar-refractivity contribution is 6.32. The first-order valence-corrected chi connectivity index (χ1v) is 11.5. The van der Waals surface area contributed by atoms with Gasteiger partial charge in [0.2, 0.25) is 0 Å². The monoisotopic (exact) mass is 481 g/mol. The molecule has 1 aliphatic heterocycles. The first kappa shape index (κ1) is 24.0. The van der Waals surface area contributed by atoms with Crippen molar-refractivity contribution in [2.75, 3.05) is 26.4 Å². The van der Waals surface area contributed by atoms with Crippen LogP contribution in [-0.4, -0.2) is 36.8 Å². The number of aliphatic imine (C=N–C) groups is 1. The van der Waals surface area contributed by atoms with Gasteiger partial charge in [0.25, 0.3) is 0 Å². The summed E-state index contributed by atoms with van der Waals surface area (Å²) in [7, 11) is 4.07. The number of halogens is 2. The van der Waals surface area contributed by atoms with Crippen LogP contribution in [0, 0.1) is 5.82 Å². The van der Waals surface area contributed by atoms with Crippen molar-refractivity contribution in [2.45, 2.75) is 25.2 Å². The lowest BCUT2D eigenvalue weighted by atomic mass is 10.0. The first-order chi connectivity index (χ1) is 16.3. The van der Waals surface area contributed by atoms with Gasteiger partial charge >= 0.3 is 0 Å². The standard InChI is InChI=1S/C26H29ClFN5O/c1-32(2)24(10-11-33-16-31-23-8-7-20(29)14-21(23)26(33)30)18-6-9-25(22(27)13-18)34-15-17-4-3-5-19(28)12-17/h3-9,12-14,16,24,26H,10-11,15,29-30H2,1-2H3. The van der Waals surface area contributed by atoms with Crippen LogP contribution in [0.3, 0.4) is 0 Å². The van der Waals surface area contributed by atoms with Crippen LogP contribution in [-0.2, 0) is 6.61 Å². The highest BCUT2D eigenvalue weighted by Crippen LogP contribution is 2.34. The van der Waals surface area contributed by atoms with Crippen molar-refractivity contribution in [3.63, 3.8) is 0 Å². The summed E-state index contributed by atoms with van der Waals surface area (Å²) < 4.78 is 19.2. The molecule has 0 saturated heterocycles. The van der Waals surface area contributed by atoms with Gasteiger partial charge in [0.05, 0.1) is 17.0 Å². The second-order valence-electron chi connectivity index (χ2n) is 8.62. The number of nitrogens with zero attached hydrogens (tertiary/aromatic N) is 3. The second kappa shape index (κ2) is 10.4. The average molecular weight is 482 g/mol. The minimum atomic E-state index is -0.305. The summed E-state index contributed by atoms with van der Waals surface area (Å²) in [5, 5.41) is 0.515. The van der Waals surface area contributed by atoms with Gasteiger partial charge < -0.3 is 26.0 Å². The molecule has 3 aromatic carbocycles. The minimum Gasteiger partial charge on any atom is -0.487 e. The normalized spacial score (nSPS) is 15.9. The highest BCUT2D eigenvalue weighted by Gasteiger charge is 2.23. The third kappa shape index (κ3) is 5.50. The lowest BCUT2D eigenvalue weighted by molar-refractivity contribution is 0.240. The number of nitrogens with two attached hydrogens (primary N) is 2. The molecule has 2 atom stereocenters. The van der Waals surface area contributed by atoms with E-state index in [-0.39, 0.29) is 24.6 Å². The molecule has 1 aliphatic rings. The van der Waals surface area contributed by atoms with E-state index in [1.807, 2.05) is 61.5 Å². The van der Waals surface area contributed by atoms with E-state index >= 15 is 0 Å². The lowest BCUT2D eigenvalue weighted by Crippen LogP contribution is -2.37. The van der Waals surface area contributed by atoms with Crippen LogP contribution >= 0.6 is 11.6 Å². The van der Waals surface area contributed by atoms with Gasteiger partial charge in [-0.15, -0.1) is 0 Å². The second-order valence-corrected chi connectivity index (χ2v) is 9.03. The maximum Gasteiger partial charge on any atom is 0.138 e. The zero-order valence-electron chi connectivity index (χ0n) is 19.3. The molecule has 0 amide bonds. The molecular formula is C26H29ClFN5O. The Morgan fingerprint density at radius 3 is 2.71 bits per heavy atom. The van der Waals surface area contributed by atoms with Gasteiger partial charge in [-0.25, -0.2) is 9.38 Å². The van der Waals surface area contributed by atoms with Gasteiger partial charge in [-0.2, -0.15) is 0 Å². The molecule has 3 aromatic rings. The van der Waals surface area contributed by atoms with Gasteiger partial charge in [0.1, 0.15) is 24.3 Å². The number of hydrogen-bond acceptors (Lipinski definition) is 6. The predicted molar refractivity (Wildman–Crippen MR) is 136 cm³/mol. The van der Waals surface area contributed by atoms with E-state index in [1.165, 1.54) is 12.1 Å². The SMILES string of the molecule is CN(C)C(CCN1C=Nc2ccc(N)cc2C1N)c1ccc(OCc2cccc(F)c2)c(Cl)c1. The van der Waals surface area contributed by atoms with Crippen LogP contribution in [0.1, 0.15) is 35.3 Å². The molecule has 4 N–H and O–H groups in total. The Morgan fingerprint density at radius 2 is 1.97 bits per heavy atom. The molecule has 8 heteroatoms. The van der Waals surface area contributed by atoms with Crippen molar-refractivity contribution in [1.29, 1.82) is 0 Å². The maximum atomic E-state index is 13.4. The largest absolute Gasteiger partial charge is 0.487 e. The number of nitrogen functional groups attached to an aromatic ring is 1. The molecule has 2 unspecified atom stereocenters. The zero-order valence-corrected chi connectivity index (χ0v) is 20.0. The van der Waals surface area contributed by atoms with Crippen molar-refractivity contribution < 1.29 is 9.13 Å². The number of hydrogen-bond donors (Lipinski definition) is 2. The minimum absolute atomic E-state index is 0.109. The van der Waals surface area contributed by atoms with Gasteiger partial charge in [-0.1, -0.05) is 29.8 Å². The van der Waals surface area contributed by atoms with E-state index in [4.69, 9.17) is 27.8 Å². The van der Waals surface area contributed by atoms with E-state index in [1.54, 1.807) is 12.4 Å². The molecule has 0 spiro atoms. The summed E-state index contributed by atoms with van der Waals surface area (Å²) in [5.74, 6) is 0.272. The Bertz CT molecular complexity index is 1190. The van der Waals surface area contributed by atoms with E-state index in [0.29, 0.717) is 23.0 Å². The van der Waals surface area contributed by atoms with Crippen LogP contribution in [0.25, 0.3) is 0 Å². The molecule has 4 rings (SSSR count). The first-order valence-electron chi connectivity index (χ1n) is 11.1. The fourth-order valence-corrected chi connectivity index (χ4v) is 4.38. The Balaban J connectivity index is 1.43. The molecule has 0 saturated carbocycles. The number of ether oxygens (including phenoxy) is 1. The van der Waals surface area contributed by atoms with Gasteiger partial charge in [-0.05, 0) is 74.1 Å². The highest BCUT2D eigenvalue weighted by atomic mass is 35.5. The van der Waals surface area contributed by atoms with Crippen LogP contribution in [0.5, 0.6) is 5.75 Å². The predicted octanol–water partition coefficient (Wildman–Crippen LogP) is 5.27. The summed E-state index contributed by atoms with van der Waals surface area (Å²) >= 11 is 6.54. The number of anilines is 1. The lowest BCUT2D eigenvalue weighted by Gasteiger charge is -2.34. The molecule has 1 heterocycles. The maximum absolute atomic E-state index is 13.4. The summed E-state index contributed by atoms with van der Waals surface area (Å²) in [6, 6.07) is 17.8. The molecule has 0 aliphatic carbocycles. The fourth-order valence-electron chi connectivity index (χ4n) is 4.13. The zero-order chi connectivity index (χ0) is 24.2. The van der Waals surface area contributed by atoms with Crippen LogP contribution in [0.15, 0.2) is 65.7 Å². The Kier molecular flexibility index (Phi) is 7.36. The summed E-state index contributed by atoms with van der Waals surface area (Å²) in [6.45, 7) is 0.948. The van der Waals surface area contributed by atoms with Crippen molar-refractivity contribution in [2.24, 2.45) is 10.7 Å². The molecular weight excluding hydrogens is 453 g/mol. The van der Waals surface area contributed by atoms with E-state index < -0.39 is 0 Å². The van der Waals surface area contributed by atoms with E-state index in [9.17, 15) is 4.39 Å². The molecule has 6 nitrogen and oxygen atoms in total. The third-order valence-corrected chi connectivity index (χ3v) is 6.28. The smallest absolute Gasteiger partial charge is 0.138 e. The van der Waals surface area contributed by atoms with Crippen molar-refractivity contribution in [1.82, 2.24) is 9.80 Å². The molecule has 0 radical (unpaired) electrons. The summed E-state index contributed by atoms with van der Waals surface area (Å²) in [4.78, 5) is 8.70. The number of rotatable bonds is 8. The van der Waals surface area contributed by atoms with Gasteiger partial charge in [0.15, 0.2) is 0 Å². The van der Waals surface area contributed by atoms with Crippen molar-refractivity contribution in [3.8, 4) is 5.75 Å². The van der Waals surface area contributed by atoms with Crippen LogP contribution < -0.4 is 16.2 Å². The topological polar surface area (TPSA) is 80.1 Å². The Labute approximate surface area is 204 Å². The summed E-state index contributed by atoms with van der Waals surface area (Å²) in [6.07, 6.45) is 2.30. The molecule has 0 bridgehead atoms. The molecule has 178 valence electrons. The summed E-state index contributed by atoms with van der Waals surface area (Å²) in [5.41, 5.74) is 16.7. The Hall–Kier alpha value is -3.13. The average Bonchev–Trinajstić information content (AvgIpc) is 2.80. The quantitative estimate of drug-likeness (QED) is 0.428. The third-order valence-electron chi connectivity index (χ3n) is 5.98. The van der Waals surface area contributed by atoms with Gasteiger partial charge in [0, 0.05) is 23.8 Å². The van der Waals surface area contributed by atoms with Crippen molar-refractivity contribution in [3.05, 3.63) is 88.2 Å². The molecule has 0 aromatic heterocycles. The van der Waals surface area contributed by atoms with E-state index in [2.05, 4.69) is 9.89 Å². The Morgan fingerprint density at radius 1 is 1.15 bits per heavy atom. The van der Waals surface area contributed by atoms with Crippen LogP contribution in [0.2, 0.25) is 5.02 Å². The molecule has 0 fully saturated rings. The molecule has 34 heavy (non-hydrogen) atoms. The number of benzene rings is 3.